The van der Waals surface area contributed by atoms with Gasteiger partial charge in [0.25, 0.3) is 0 Å². The van der Waals surface area contributed by atoms with Crippen molar-refractivity contribution in [1.29, 1.82) is 0 Å². The lowest BCUT2D eigenvalue weighted by Gasteiger charge is -2.42. The first kappa shape index (κ1) is 12.4. The van der Waals surface area contributed by atoms with Gasteiger partial charge in [-0.1, -0.05) is 23.2 Å². The predicted molar refractivity (Wildman–Crippen MR) is 64.5 cm³/mol. The van der Waals surface area contributed by atoms with Crippen molar-refractivity contribution in [3.8, 4) is 0 Å². The van der Waals surface area contributed by atoms with Gasteiger partial charge in [-0.3, -0.25) is 4.79 Å². The molecule has 17 heavy (non-hydrogen) atoms. The van der Waals surface area contributed by atoms with Gasteiger partial charge >= 0.3 is 5.97 Å². The molecule has 2 rings (SSSR count). The average Bonchev–Trinajstić information content (AvgIpc) is 2.19. The molecule has 1 aliphatic carbocycles. The number of halogens is 2. The van der Waals surface area contributed by atoms with Crippen LogP contribution in [-0.4, -0.2) is 26.8 Å². The number of carboxylic acid groups (broad SMARTS) is 1. The summed E-state index contributed by atoms with van der Waals surface area (Å²) >= 11 is 11.6. The van der Waals surface area contributed by atoms with E-state index in [0.717, 1.165) is 19.3 Å². The van der Waals surface area contributed by atoms with Crippen LogP contribution in [-0.2, 0) is 4.79 Å². The number of hydrogen-bond donors (Lipinski definition) is 2. The molecule has 0 unspecified atom stereocenters. The standard InChI is InChI=1S/C10H11Cl2N3O2/c11-7-4-6(9(12)15-14-7)13-10(2-1-3-10)5-8(16)17/h4H,1-3,5H2,(H,13,14)(H,16,17). The number of aliphatic carboxylic acids is 1. The minimum absolute atomic E-state index is 0.0588. The lowest BCUT2D eigenvalue weighted by molar-refractivity contribution is -0.138. The zero-order valence-electron chi connectivity index (χ0n) is 8.91. The van der Waals surface area contributed by atoms with Crippen LogP contribution >= 0.6 is 23.2 Å². The summed E-state index contributed by atoms with van der Waals surface area (Å²) in [6, 6.07) is 1.55. The van der Waals surface area contributed by atoms with Crippen molar-refractivity contribution in [3.63, 3.8) is 0 Å². The summed E-state index contributed by atoms with van der Waals surface area (Å²) in [6.07, 6.45) is 2.67. The normalized spacial score (nSPS) is 17.3. The molecule has 0 spiro atoms. The smallest absolute Gasteiger partial charge is 0.305 e. The molecule has 1 aliphatic rings. The van der Waals surface area contributed by atoms with E-state index in [1.54, 1.807) is 6.07 Å². The van der Waals surface area contributed by atoms with Crippen molar-refractivity contribution in [2.45, 2.75) is 31.2 Å². The molecule has 7 heteroatoms. The van der Waals surface area contributed by atoms with Crippen LogP contribution in [0.1, 0.15) is 25.7 Å². The Morgan fingerprint density at radius 1 is 1.47 bits per heavy atom. The molecule has 5 nitrogen and oxygen atoms in total. The molecule has 0 saturated heterocycles. The highest BCUT2D eigenvalue weighted by molar-refractivity contribution is 6.33. The second-order valence-electron chi connectivity index (χ2n) is 4.20. The number of aromatic nitrogens is 2. The van der Waals surface area contributed by atoms with Gasteiger partial charge in [-0.05, 0) is 19.3 Å². The fraction of sp³-hybridized carbons (Fsp3) is 0.500. The Morgan fingerprint density at radius 2 is 2.18 bits per heavy atom. The molecule has 0 aromatic carbocycles. The number of rotatable bonds is 4. The Balaban J connectivity index is 2.18. The van der Waals surface area contributed by atoms with E-state index >= 15 is 0 Å². The second kappa shape index (κ2) is 4.66. The van der Waals surface area contributed by atoms with Gasteiger partial charge in [0.1, 0.15) is 0 Å². The quantitative estimate of drug-likeness (QED) is 0.884. The molecule has 0 atom stereocenters. The summed E-state index contributed by atoms with van der Waals surface area (Å²) in [5.41, 5.74) is 0.106. The lowest BCUT2D eigenvalue weighted by atomic mass is 9.74. The Bertz CT molecular complexity index is 449. The highest BCUT2D eigenvalue weighted by Gasteiger charge is 2.39. The molecule has 1 aromatic rings. The number of anilines is 1. The highest BCUT2D eigenvalue weighted by Crippen LogP contribution is 2.39. The number of nitrogens with one attached hydrogen (secondary N) is 1. The molecule has 1 saturated carbocycles. The number of hydrogen-bond acceptors (Lipinski definition) is 4. The predicted octanol–water partition coefficient (Wildman–Crippen LogP) is 2.59. The number of nitrogens with zero attached hydrogens (tertiary/aromatic N) is 2. The van der Waals surface area contributed by atoms with Gasteiger partial charge in [0.2, 0.25) is 0 Å². The molecule has 1 fully saturated rings. The summed E-state index contributed by atoms with van der Waals surface area (Å²) in [6.45, 7) is 0. The molecule has 0 amide bonds. The van der Waals surface area contributed by atoms with Crippen molar-refractivity contribution in [1.82, 2.24) is 10.2 Å². The van der Waals surface area contributed by atoms with E-state index in [1.165, 1.54) is 0 Å². The third-order valence-corrected chi connectivity index (χ3v) is 3.38. The van der Waals surface area contributed by atoms with Crippen LogP contribution in [0.3, 0.4) is 0 Å². The topological polar surface area (TPSA) is 75.1 Å². The fourth-order valence-electron chi connectivity index (χ4n) is 1.97. The van der Waals surface area contributed by atoms with Gasteiger partial charge in [-0.25, -0.2) is 0 Å². The van der Waals surface area contributed by atoms with Gasteiger partial charge in [-0.15, -0.1) is 10.2 Å². The lowest BCUT2D eigenvalue weighted by Crippen LogP contribution is -2.46. The van der Waals surface area contributed by atoms with E-state index in [1.807, 2.05) is 0 Å². The summed E-state index contributed by atoms with van der Waals surface area (Å²) in [5.74, 6) is -0.832. The van der Waals surface area contributed by atoms with E-state index < -0.39 is 11.5 Å². The third-order valence-electron chi connectivity index (χ3n) is 2.92. The molecule has 1 aromatic heterocycles. The number of carbonyl (C=O) groups is 1. The van der Waals surface area contributed by atoms with Crippen molar-refractivity contribution >= 4 is 34.9 Å². The highest BCUT2D eigenvalue weighted by atomic mass is 35.5. The molecular formula is C10H11Cl2N3O2. The Morgan fingerprint density at radius 3 is 2.71 bits per heavy atom. The molecular weight excluding hydrogens is 265 g/mol. The van der Waals surface area contributed by atoms with Gasteiger partial charge in [0.15, 0.2) is 10.3 Å². The minimum atomic E-state index is -0.832. The third kappa shape index (κ3) is 2.79. The summed E-state index contributed by atoms with van der Waals surface area (Å²) in [5, 5.41) is 19.7. The van der Waals surface area contributed by atoms with Crippen molar-refractivity contribution in [2.24, 2.45) is 0 Å². The van der Waals surface area contributed by atoms with Gasteiger partial charge in [0.05, 0.1) is 12.1 Å². The molecule has 0 bridgehead atoms. The van der Waals surface area contributed by atoms with Crippen LogP contribution in [0, 0.1) is 0 Å². The van der Waals surface area contributed by atoms with Crippen molar-refractivity contribution < 1.29 is 9.90 Å². The van der Waals surface area contributed by atoms with Crippen LogP contribution in [0.5, 0.6) is 0 Å². The first-order valence-corrected chi connectivity index (χ1v) is 5.95. The molecule has 2 N–H and O–H groups in total. The molecule has 0 radical (unpaired) electrons. The molecule has 0 aliphatic heterocycles. The molecule has 92 valence electrons. The second-order valence-corrected chi connectivity index (χ2v) is 4.95. The van der Waals surface area contributed by atoms with Crippen LogP contribution in [0.25, 0.3) is 0 Å². The maximum absolute atomic E-state index is 10.8. The van der Waals surface area contributed by atoms with Gasteiger partial charge in [0, 0.05) is 11.6 Å². The van der Waals surface area contributed by atoms with Crippen molar-refractivity contribution in [2.75, 3.05) is 5.32 Å². The Kier molecular flexibility index (Phi) is 3.40. The summed E-state index contributed by atoms with van der Waals surface area (Å²) in [7, 11) is 0. The van der Waals surface area contributed by atoms with Crippen LogP contribution in [0.4, 0.5) is 5.69 Å². The SMILES string of the molecule is O=C(O)CC1(Nc2cc(Cl)nnc2Cl)CCC1. The zero-order chi connectivity index (χ0) is 12.5. The van der Waals surface area contributed by atoms with E-state index in [4.69, 9.17) is 28.3 Å². The van der Waals surface area contributed by atoms with Crippen LogP contribution in [0.15, 0.2) is 6.07 Å². The zero-order valence-corrected chi connectivity index (χ0v) is 10.4. The van der Waals surface area contributed by atoms with E-state index in [-0.39, 0.29) is 16.7 Å². The summed E-state index contributed by atoms with van der Waals surface area (Å²) in [4.78, 5) is 10.8. The monoisotopic (exact) mass is 275 g/mol. The fourth-order valence-corrected chi connectivity index (χ4v) is 2.25. The van der Waals surface area contributed by atoms with Gasteiger partial charge in [-0.2, -0.15) is 0 Å². The Hall–Kier alpha value is -1.07. The largest absolute Gasteiger partial charge is 0.481 e. The van der Waals surface area contributed by atoms with E-state index in [9.17, 15) is 4.79 Å². The first-order chi connectivity index (χ1) is 8.01. The van der Waals surface area contributed by atoms with Crippen LogP contribution in [0.2, 0.25) is 10.3 Å². The summed E-state index contributed by atoms with van der Waals surface area (Å²) < 4.78 is 0. The maximum Gasteiger partial charge on any atom is 0.305 e. The van der Waals surface area contributed by atoms with Crippen molar-refractivity contribution in [3.05, 3.63) is 16.4 Å². The Labute approximate surface area is 108 Å². The van der Waals surface area contributed by atoms with E-state index in [2.05, 4.69) is 15.5 Å². The average molecular weight is 276 g/mol. The minimum Gasteiger partial charge on any atom is -0.481 e. The van der Waals surface area contributed by atoms with E-state index in [0.29, 0.717) is 5.69 Å². The van der Waals surface area contributed by atoms with Crippen LogP contribution < -0.4 is 5.32 Å². The molecule has 1 heterocycles. The maximum atomic E-state index is 10.8. The number of carboxylic acids is 1. The first-order valence-electron chi connectivity index (χ1n) is 5.19. The van der Waals surface area contributed by atoms with Gasteiger partial charge < -0.3 is 10.4 Å².